The Kier molecular flexibility index (Phi) is 6.60. The van der Waals surface area contributed by atoms with Gasteiger partial charge < -0.3 is 20.8 Å². The van der Waals surface area contributed by atoms with Gasteiger partial charge >= 0.3 is 0 Å². The van der Waals surface area contributed by atoms with Crippen LogP contribution in [0.3, 0.4) is 0 Å². The molecule has 26 heavy (non-hydrogen) atoms. The van der Waals surface area contributed by atoms with Crippen LogP contribution in [-0.2, 0) is 22.4 Å². The Bertz CT molecular complexity index is 735. The molecule has 0 unspecified atom stereocenters. The summed E-state index contributed by atoms with van der Waals surface area (Å²) in [6.07, 6.45) is 1.03. The molecule has 0 aromatic heterocycles. The van der Waals surface area contributed by atoms with E-state index in [0.717, 1.165) is 11.1 Å². The third kappa shape index (κ3) is 4.99. The van der Waals surface area contributed by atoms with Gasteiger partial charge in [0.15, 0.2) is 0 Å². The normalized spacial score (nSPS) is 10.4. The minimum Gasteiger partial charge on any atom is -0.507 e. The van der Waals surface area contributed by atoms with Gasteiger partial charge in [-0.2, -0.15) is 0 Å². The van der Waals surface area contributed by atoms with Crippen LogP contribution in [0.15, 0.2) is 36.4 Å². The quantitative estimate of drug-likeness (QED) is 0.611. The first kappa shape index (κ1) is 19.3. The average Bonchev–Trinajstić information content (AvgIpc) is 2.56. The summed E-state index contributed by atoms with van der Waals surface area (Å²) in [4.78, 5) is 22.2. The molecule has 0 bridgehead atoms. The average molecular weight is 356 g/mol. The second kappa shape index (κ2) is 8.89. The van der Waals surface area contributed by atoms with Crippen molar-refractivity contribution in [3.63, 3.8) is 0 Å². The van der Waals surface area contributed by atoms with E-state index in [1.165, 1.54) is 13.8 Å². The van der Waals surface area contributed by atoms with E-state index >= 15 is 0 Å². The highest BCUT2D eigenvalue weighted by Crippen LogP contribution is 2.40. The third-order valence-corrected chi connectivity index (χ3v) is 4.04. The summed E-state index contributed by atoms with van der Waals surface area (Å²) in [5, 5.41) is 26.4. The Morgan fingerprint density at radius 1 is 0.769 bits per heavy atom. The van der Waals surface area contributed by atoms with Crippen LogP contribution in [0.25, 0.3) is 11.1 Å². The third-order valence-electron chi connectivity index (χ3n) is 4.04. The molecule has 2 amide bonds. The number of carbonyl (C=O) groups is 2. The van der Waals surface area contributed by atoms with E-state index in [9.17, 15) is 19.8 Å². The van der Waals surface area contributed by atoms with Crippen LogP contribution in [0, 0.1) is 0 Å². The topological polar surface area (TPSA) is 98.7 Å². The van der Waals surface area contributed by atoms with Crippen LogP contribution in [0.2, 0.25) is 0 Å². The lowest BCUT2D eigenvalue weighted by Gasteiger charge is -2.17. The number of nitrogens with one attached hydrogen (secondary N) is 2. The number of amides is 2. The molecule has 2 aromatic carbocycles. The number of hydrogen-bond acceptors (Lipinski definition) is 4. The second-order valence-electron chi connectivity index (χ2n) is 6.09. The fraction of sp³-hybridized carbons (Fsp3) is 0.300. The fourth-order valence-corrected chi connectivity index (χ4v) is 2.91. The van der Waals surface area contributed by atoms with E-state index in [-0.39, 0.29) is 23.3 Å². The van der Waals surface area contributed by atoms with Crippen LogP contribution < -0.4 is 10.6 Å². The number of aromatic hydroxyl groups is 2. The summed E-state index contributed by atoms with van der Waals surface area (Å²) < 4.78 is 0. The van der Waals surface area contributed by atoms with E-state index < -0.39 is 0 Å². The summed E-state index contributed by atoms with van der Waals surface area (Å²) in [5.41, 5.74) is 2.74. The van der Waals surface area contributed by atoms with Gasteiger partial charge in [-0.3, -0.25) is 9.59 Å². The van der Waals surface area contributed by atoms with Gasteiger partial charge in [0.05, 0.1) is 0 Å². The number of phenols is 2. The molecule has 0 aliphatic carbocycles. The van der Waals surface area contributed by atoms with Crippen LogP contribution in [0.5, 0.6) is 11.5 Å². The van der Waals surface area contributed by atoms with Crippen LogP contribution in [0.1, 0.15) is 25.0 Å². The summed E-state index contributed by atoms with van der Waals surface area (Å²) in [6, 6.07) is 10.3. The molecule has 2 aromatic rings. The van der Waals surface area contributed by atoms with Gasteiger partial charge in [0.2, 0.25) is 11.8 Å². The maximum Gasteiger partial charge on any atom is 0.216 e. The zero-order chi connectivity index (χ0) is 19.1. The zero-order valence-electron chi connectivity index (χ0n) is 15.0. The van der Waals surface area contributed by atoms with Gasteiger partial charge in [-0.15, -0.1) is 0 Å². The number of benzene rings is 2. The summed E-state index contributed by atoms with van der Waals surface area (Å²) in [5.74, 6) is -0.115. The Labute approximate surface area is 152 Å². The van der Waals surface area contributed by atoms with Crippen molar-refractivity contribution in [1.82, 2.24) is 10.6 Å². The van der Waals surface area contributed by atoms with Crippen molar-refractivity contribution in [2.24, 2.45) is 0 Å². The van der Waals surface area contributed by atoms with Gasteiger partial charge in [0.25, 0.3) is 0 Å². The second-order valence-corrected chi connectivity index (χ2v) is 6.09. The highest BCUT2D eigenvalue weighted by molar-refractivity contribution is 5.81. The van der Waals surface area contributed by atoms with E-state index in [2.05, 4.69) is 10.6 Å². The molecule has 0 spiro atoms. The molecule has 0 aliphatic rings. The first-order chi connectivity index (χ1) is 12.4. The highest BCUT2D eigenvalue weighted by Gasteiger charge is 2.17. The fourth-order valence-electron chi connectivity index (χ4n) is 2.91. The van der Waals surface area contributed by atoms with Gasteiger partial charge in [-0.05, 0) is 36.1 Å². The highest BCUT2D eigenvalue weighted by atomic mass is 16.3. The van der Waals surface area contributed by atoms with Crippen molar-refractivity contribution in [1.29, 1.82) is 0 Å². The van der Waals surface area contributed by atoms with Crippen molar-refractivity contribution in [2.45, 2.75) is 26.7 Å². The van der Waals surface area contributed by atoms with E-state index in [1.54, 1.807) is 24.3 Å². The summed E-state index contributed by atoms with van der Waals surface area (Å²) in [7, 11) is 0. The zero-order valence-corrected chi connectivity index (χ0v) is 15.0. The van der Waals surface area contributed by atoms with Crippen LogP contribution in [0.4, 0.5) is 0 Å². The lowest BCUT2D eigenvalue weighted by atomic mass is 9.91. The summed E-state index contributed by atoms with van der Waals surface area (Å²) >= 11 is 0. The van der Waals surface area contributed by atoms with Crippen molar-refractivity contribution in [3.8, 4) is 22.6 Å². The minimum absolute atomic E-state index is 0.0626. The summed E-state index contributed by atoms with van der Waals surface area (Å²) in [6.45, 7) is 3.76. The number of phenolic OH excluding ortho intramolecular Hbond substituents is 2. The Hall–Kier alpha value is -3.02. The van der Waals surface area contributed by atoms with Crippen molar-refractivity contribution < 1.29 is 19.8 Å². The first-order valence-electron chi connectivity index (χ1n) is 8.51. The maximum absolute atomic E-state index is 11.1. The molecular formula is C20H24N2O4. The molecule has 2 rings (SSSR count). The molecule has 138 valence electrons. The van der Waals surface area contributed by atoms with Gasteiger partial charge in [-0.1, -0.05) is 24.3 Å². The van der Waals surface area contributed by atoms with Crippen LogP contribution in [-0.4, -0.2) is 35.1 Å². The van der Waals surface area contributed by atoms with E-state index in [4.69, 9.17) is 0 Å². The van der Waals surface area contributed by atoms with Gasteiger partial charge in [0, 0.05) is 38.1 Å². The molecule has 6 nitrogen and oxygen atoms in total. The molecule has 0 heterocycles. The van der Waals surface area contributed by atoms with E-state index in [0.29, 0.717) is 37.1 Å². The predicted octanol–water partition coefficient (Wildman–Crippen LogP) is 2.12. The standard InChI is InChI=1S/C20H24N2O4/c1-13(23)21-11-9-15-5-3-7-17(25)19(15)20-16(6-4-8-18(20)26)10-12-22-14(2)24/h3-8,25-26H,9-12H2,1-2H3,(H,21,23)(H,22,24). The smallest absolute Gasteiger partial charge is 0.216 e. The van der Waals surface area contributed by atoms with Crippen molar-refractivity contribution in [2.75, 3.05) is 13.1 Å². The monoisotopic (exact) mass is 356 g/mol. The molecular weight excluding hydrogens is 332 g/mol. The number of hydrogen-bond donors (Lipinski definition) is 4. The lowest BCUT2D eigenvalue weighted by molar-refractivity contribution is -0.119. The molecule has 0 saturated carbocycles. The Balaban J connectivity index is 2.40. The molecule has 0 radical (unpaired) electrons. The Morgan fingerprint density at radius 2 is 1.15 bits per heavy atom. The van der Waals surface area contributed by atoms with Gasteiger partial charge in [-0.25, -0.2) is 0 Å². The number of rotatable bonds is 7. The molecule has 4 N–H and O–H groups in total. The van der Waals surface area contributed by atoms with Crippen LogP contribution >= 0.6 is 0 Å². The molecule has 0 fully saturated rings. The SMILES string of the molecule is CC(=O)NCCc1cccc(O)c1-c1c(O)cccc1CCNC(C)=O. The minimum atomic E-state index is -0.120. The van der Waals surface area contributed by atoms with Gasteiger partial charge in [0.1, 0.15) is 11.5 Å². The number of carbonyl (C=O) groups excluding carboxylic acids is 2. The first-order valence-corrected chi connectivity index (χ1v) is 8.51. The molecule has 0 saturated heterocycles. The lowest BCUT2D eigenvalue weighted by Crippen LogP contribution is -2.23. The van der Waals surface area contributed by atoms with Crippen molar-refractivity contribution in [3.05, 3.63) is 47.5 Å². The molecule has 6 heteroatoms. The Morgan fingerprint density at radius 3 is 1.50 bits per heavy atom. The molecule has 0 atom stereocenters. The predicted molar refractivity (Wildman–Crippen MR) is 100.0 cm³/mol. The molecule has 0 aliphatic heterocycles. The maximum atomic E-state index is 11.1. The van der Waals surface area contributed by atoms with E-state index in [1.807, 2.05) is 12.1 Å². The van der Waals surface area contributed by atoms with Crippen molar-refractivity contribution >= 4 is 11.8 Å². The largest absolute Gasteiger partial charge is 0.507 e.